The van der Waals surface area contributed by atoms with Gasteiger partial charge < -0.3 is 9.47 Å². The first-order valence-corrected chi connectivity index (χ1v) is 8.74. The standard InChI is InChI=1S/C22H23FO3/c1-14(2)12-25-21-9-17(8-19(23)11-21)16-4-6-20(7-5-16)26-13-18-10-22(18)15(3)24/h4-9,11,18,22H,1,10,12-13H2,2-3H3. The number of benzene rings is 2. The molecule has 2 aromatic rings. The normalized spacial score (nSPS) is 18.3. The Bertz CT molecular complexity index is 811. The van der Waals surface area contributed by atoms with Gasteiger partial charge in [0, 0.05) is 17.9 Å². The monoisotopic (exact) mass is 354 g/mol. The second-order valence-electron chi connectivity index (χ2n) is 6.97. The van der Waals surface area contributed by atoms with E-state index < -0.39 is 0 Å². The molecule has 0 aliphatic heterocycles. The molecule has 1 aliphatic rings. The molecule has 0 N–H and O–H groups in total. The fourth-order valence-electron chi connectivity index (χ4n) is 2.90. The van der Waals surface area contributed by atoms with Crippen molar-refractivity contribution in [3.8, 4) is 22.6 Å². The highest BCUT2D eigenvalue weighted by Crippen LogP contribution is 2.39. The number of Topliss-reactive ketones (excluding diaryl/α,β-unsaturated/α-hetero) is 1. The van der Waals surface area contributed by atoms with Crippen molar-refractivity contribution in [3.05, 3.63) is 60.4 Å². The Labute approximate surface area is 153 Å². The number of ether oxygens (including phenoxy) is 2. The molecule has 2 unspecified atom stereocenters. The fraction of sp³-hybridized carbons (Fsp3) is 0.318. The highest BCUT2D eigenvalue weighted by Gasteiger charge is 2.41. The molecule has 3 nitrogen and oxygen atoms in total. The topological polar surface area (TPSA) is 35.5 Å². The lowest BCUT2D eigenvalue weighted by molar-refractivity contribution is -0.118. The van der Waals surface area contributed by atoms with Crippen LogP contribution < -0.4 is 9.47 Å². The lowest BCUT2D eigenvalue weighted by Crippen LogP contribution is -2.04. The molecule has 1 saturated carbocycles. The van der Waals surface area contributed by atoms with E-state index in [0.29, 0.717) is 24.9 Å². The zero-order chi connectivity index (χ0) is 18.7. The second-order valence-corrected chi connectivity index (χ2v) is 6.97. The third kappa shape index (κ3) is 4.72. The summed E-state index contributed by atoms with van der Waals surface area (Å²) in [4.78, 5) is 11.3. The smallest absolute Gasteiger partial charge is 0.133 e. The van der Waals surface area contributed by atoms with Gasteiger partial charge in [0.15, 0.2) is 0 Å². The zero-order valence-corrected chi connectivity index (χ0v) is 15.1. The van der Waals surface area contributed by atoms with Gasteiger partial charge in [-0.15, -0.1) is 0 Å². The van der Waals surface area contributed by atoms with E-state index in [4.69, 9.17) is 9.47 Å². The van der Waals surface area contributed by atoms with Crippen molar-refractivity contribution < 1.29 is 18.7 Å². The van der Waals surface area contributed by atoms with Crippen molar-refractivity contribution in [2.45, 2.75) is 20.3 Å². The molecule has 2 atom stereocenters. The number of hydrogen-bond acceptors (Lipinski definition) is 3. The van der Waals surface area contributed by atoms with E-state index in [-0.39, 0.29) is 17.5 Å². The number of rotatable bonds is 8. The highest BCUT2D eigenvalue weighted by atomic mass is 19.1. The Morgan fingerprint density at radius 2 is 1.81 bits per heavy atom. The van der Waals surface area contributed by atoms with Crippen LogP contribution in [-0.2, 0) is 4.79 Å². The van der Waals surface area contributed by atoms with Gasteiger partial charge in [-0.1, -0.05) is 18.7 Å². The van der Waals surface area contributed by atoms with Gasteiger partial charge in [-0.25, -0.2) is 4.39 Å². The average Bonchev–Trinajstić information content (AvgIpc) is 3.38. The van der Waals surface area contributed by atoms with Crippen LogP contribution in [0.25, 0.3) is 11.1 Å². The lowest BCUT2D eigenvalue weighted by Gasteiger charge is -2.10. The van der Waals surface area contributed by atoms with Gasteiger partial charge in [-0.3, -0.25) is 4.79 Å². The van der Waals surface area contributed by atoms with Gasteiger partial charge in [-0.05, 0) is 61.2 Å². The van der Waals surface area contributed by atoms with Gasteiger partial charge >= 0.3 is 0 Å². The quantitative estimate of drug-likeness (QED) is 0.622. The van der Waals surface area contributed by atoms with Crippen LogP contribution in [0.1, 0.15) is 20.3 Å². The van der Waals surface area contributed by atoms with Crippen LogP contribution in [0.3, 0.4) is 0 Å². The molecule has 0 radical (unpaired) electrons. The largest absolute Gasteiger partial charge is 0.493 e. The second kappa shape index (κ2) is 7.73. The Hall–Kier alpha value is -2.62. The summed E-state index contributed by atoms with van der Waals surface area (Å²) in [6, 6.07) is 12.2. The van der Waals surface area contributed by atoms with Crippen LogP contribution in [0.5, 0.6) is 11.5 Å². The van der Waals surface area contributed by atoms with Crippen molar-refractivity contribution >= 4 is 5.78 Å². The van der Waals surface area contributed by atoms with Crippen molar-refractivity contribution in [2.24, 2.45) is 11.8 Å². The van der Waals surface area contributed by atoms with Crippen molar-refractivity contribution in [2.75, 3.05) is 13.2 Å². The van der Waals surface area contributed by atoms with Crippen LogP contribution in [-0.4, -0.2) is 19.0 Å². The number of carbonyl (C=O) groups excluding carboxylic acids is 1. The number of carbonyl (C=O) groups is 1. The maximum atomic E-state index is 13.9. The van der Waals surface area contributed by atoms with Gasteiger partial charge in [0.2, 0.25) is 0 Å². The number of ketones is 1. The first-order valence-electron chi connectivity index (χ1n) is 8.74. The molecular formula is C22H23FO3. The van der Waals surface area contributed by atoms with E-state index in [1.807, 2.05) is 37.3 Å². The van der Waals surface area contributed by atoms with Crippen LogP contribution >= 0.6 is 0 Å². The predicted molar refractivity (Wildman–Crippen MR) is 99.9 cm³/mol. The van der Waals surface area contributed by atoms with E-state index in [9.17, 15) is 9.18 Å². The minimum Gasteiger partial charge on any atom is -0.493 e. The Balaban J connectivity index is 1.64. The first-order chi connectivity index (χ1) is 12.4. The molecule has 26 heavy (non-hydrogen) atoms. The molecule has 0 aromatic heterocycles. The highest BCUT2D eigenvalue weighted by molar-refractivity contribution is 5.81. The first kappa shape index (κ1) is 18.2. The van der Waals surface area contributed by atoms with E-state index in [0.717, 1.165) is 28.9 Å². The fourth-order valence-corrected chi connectivity index (χ4v) is 2.90. The third-order valence-corrected chi connectivity index (χ3v) is 4.45. The minimum absolute atomic E-state index is 0.166. The summed E-state index contributed by atoms with van der Waals surface area (Å²) in [6.45, 7) is 8.19. The summed E-state index contributed by atoms with van der Waals surface area (Å²) in [5.74, 6) is 1.63. The maximum Gasteiger partial charge on any atom is 0.133 e. The molecule has 1 fully saturated rings. The summed E-state index contributed by atoms with van der Waals surface area (Å²) in [7, 11) is 0. The summed E-state index contributed by atoms with van der Waals surface area (Å²) < 4.78 is 25.2. The summed E-state index contributed by atoms with van der Waals surface area (Å²) >= 11 is 0. The third-order valence-electron chi connectivity index (χ3n) is 4.45. The molecule has 3 rings (SSSR count). The minimum atomic E-state index is -0.344. The molecule has 0 spiro atoms. The molecule has 136 valence electrons. The van der Waals surface area contributed by atoms with E-state index >= 15 is 0 Å². The Morgan fingerprint density at radius 3 is 2.42 bits per heavy atom. The summed E-state index contributed by atoms with van der Waals surface area (Å²) in [5.41, 5.74) is 2.50. The van der Waals surface area contributed by atoms with Crippen LogP contribution in [0.15, 0.2) is 54.6 Å². The van der Waals surface area contributed by atoms with E-state index in [2.05, 4.69) is 6.58 Å². The van der Waals surface area contributed by atoms with E-state index in [1.54, 1.807) is 6.92 Å². The molecule has 0 amide bonds. The Kier molecular flexibility index (Phi) is 5.40. The molecule has 0 saturated heterocycles. The van der Waals surface area contributed by atoms with Crippen LogP contribution in [0.4, 0.5) is 4.39 Å². The van der Waals surface area contributed by atoms with Crippen LogP contribution in [0, 0.1) is 17.7 Å². The predicted octanol–water partition coefficient (Wildman–Crippen LogP) is 5.05. The van der Waals surface area contributed by atoms with Crippen LogP contribution in [0.2, 0.25) is 0 Å². The number of hydrogen-bond donors (Lipinski definition) is 0. The Morgan fingerprint density at radius 1 is 1.08 bits per heavy atom. The van der Waals surface area contributed by atoms with Gasteiger partial charge in [0.25, 0.3) is 0 Å². The maximum absolute atomic E-state index is 13.9. The van der Waals surface area contributed by atoms with Gasteiger partial charge in [-0.2, -0.15) is 0 Å². The summed E-state index contributed by atoms with van der Waals surface area (Å²) in [5, 5.41) is 0. The molecule has 0 bridgehead atoms. The SMILES string of the molecule is C=C(C)COc1cc(F)cc(-c2ccc(OCC3CC3C(C)=O)cc2)c1. The van der Waals surface area contributed by atoms with Gasteiger partial charge in [0.1, 0.15) is 29.7 Å². The van der Waals surface area contributed by atoms with E-state index in [1.165, 1.54) is 12.1 Å². The van der Waals surface area contributed by atoms with Gasteiger partial charge in [0.05, 0.1) is 6.61 Å². The van der Waals surface area contributed by atoms with Crippen molar-refractivity contribution in [3.63, 3.8) is 0 Å². The molecule has 1 aliphatic carbocycles. The summed E-state index contributed by atoms with van der Waals surface area (Å²) in [6.07, 6.45) is 0.920. The number of halogens is 1. The molecule has 4 heteroatoms. The lowest BCUT2D eigenvalue weighted by atomic mass is 10.1. The molecule has 0 heterocycles. The van der Waals surface area contributed by atoms with Crippen molar-refractivity contribution in [1.29, 1.82) is 0 Å². The molecule has 2 aromatic carbocycles. The zero-order valence-electron chi connectivity index (χ0n) is 15.1. The molecular weight excluding hydrogens is 331 g/mol. The average molecular weight is 354 g/mol. The van der Waals surface area contributed by atoms with Crippen molar-refractivity contribution in [1.82, 2.24) is 0 Å².